The molecule has 66 valence electrons. The molecule has 0 aliphatic rings. The summed E-state index contributed by atoms with van der Waals surface area (Å²) in [4.78, 5) is 0. The van der Waals surface area contributed by atoms with Crippen molar-refractivity contribution in [2.75, 3.05) is 0 Å². The fourth-order valence-corrected chi connectivity index (χ4v) is 1.19. The van der Waals surface area contributed by atoms with Gasteiger partial charge in [0.25, 0.3) is 0 Å². The van der Waals surface area contributed by atoms with Gasteiger partial charge in [0.05, 0.1) is 5.69 Å². The van der Waals surface area contributed by atoms with E-state index in [4.69, 9.17) is 0 Å². The first-order chi connectivity index (χ1) is 6.27. The highest BCUT2D eigenvalue weighted by atomic mass is 19.1. The summed E-state index contributed by atoms with van der Waals surface area (Å²) in [6.45, 7) is 0. The van der Waals surface area contributed by atoms with Gasteiger partial charge in [0.1, 0.15) is 11.6 Å². The third-order valence-electron chi connectivity index (χ3n) is 1.79. The highest BCUT2D eigenvalue weighted by Gasteiger charge is 2.03. The van der Waals surface area contributed by atoms with Crippen LogP contribution in [-0.4, -0.2) is 4.57 Å². The van der Waals surface area contributed by atoms with Crippen LogP contribution in [0, 0.1) is 11.6 Å². The standard InChI is InChI=1S/C10H7F2N/c11-8-3-4-10(9(12)7-8)13-5-1-2-6-13/h1-7H. The Morgan fingerprint density at radius 1 is 1.00 bits per heavy atom. The number of halogens is 2. The van der Waals surface area contributed by atoms with E-state index in [1.165, 1.54) is 12.1 Å². The van der Waals surface area contributed by atoms with Crippen molar-refractivity contribution in [1.29, 1.82) is 0 Å². The third-order valence-corrected chi connectivity index (χ3v) is 1.79. The Morgan fingerprint density at radius 3 is 2.31 bits per heavy atom. The summed E-state index contributed by atoms with van der Waals surface area (Å²) in [5.41, 5.74) is 0.353. The maximum atomic E-state index is 13.2. The predicted octanol–water partition coefficient (Wildman–Crippen LogP) is 2.76. The molecule has 13 heavy (non-hydrogen) atoms. The molecule has 0 fully saturated rings. The molecule has 0 N–H and O–H groups in total. The molecule has 0 bridgehead atoms. The molecule has 0 aliphatic carbocycles. The normalized spacial score (nSPS) is 10.3. The molecule has 2 aromatic rings. The zero-order valence-corrected chi connectivity index (χ0v) is 6.74. The molecule has 3 heteroatoms. The first-order valence-corrected chi connectivity index (χ1v) is 3.86. The van der Waals surface area contributed by atoms with Crippen molar-refractivity contribution in [2.45, 2.75) is 0 Å². The molecule has 0 amide bonds. The van der Waals surface area contributed by atoms with Crippen LogP contribution < -0.4 is 0 Å². The highest BCUT2D eigenvalue weighted by Crippen LogP contribution is 2.14. The lowest BCUT2D eigenvalue weighted by molar-refractivity contribution is 0.578. The van der Waals surface area contributed by atoms with Crippen LogP contribution in [0.5, 0.6) is 0 Å². The van der Waals surface area contributed by atoms with E-state index < -0.39 is 11.6 Å². The number of aromatic nitrogens is 1. The lowest BCUT2D eigenvalue weighted by Crippen LogP contribution is -1.94. The molecule has 0 unspecified atom stereocenters. The van der Waals surface area contributed by atoms with Gasteiger partial charge in [-0.25, -0.2) is 8.78 Å². The lowest BCUT2D eigenvalue weighted by Gasteiger charge is -2.03. The van der Waals surface area contributed by atoms with Crippen molar-refractivity contribution in [3.63, 3.8) is 0 Å². The number of hydrogen-bond donors (Lipinski definition) is 0. The molecule has 1 aromatic heterocycles. The van der Waals surface area contributed by atoms with E-state index in [0.29, 0.717) is 5.69 Å². The van der Waals surface area contributed by atoms with Crippen LogP contribution in [0.2, 0.25) is 0 Å². The van der Waals surface area contributed by atoms with Gasteiger partial charge in [-0.3, -0.25) is 0 Å². The Hall–Kier alpha value is -1.64. The van der Waals surface area contributed by atoms with Crippen molar-refractivity contribution in [2.24, 2.45) is 0 Å². The number of benzene rings is 1. The van der Waals surface area contributed by atoms with Gasteiger partial charge in [-0.1, -0.05) is 0 Å². The molecular weight excluding hydrogens is 172 g/mol. The van der Waals surface area contributed by atoms with Crippen LogP contribution in [0.4, 0.5) is 8.78 Å². The molecule has 1 heterocycles. The zero-order chi connectivity index (χ0) is 9.26. The molecule has 2 rings (SSSR count). The maximum Gasteiger partial charge on any atom is 0.150 e. The Bertz CT molecular complexity index is 407. The fraction of sp³-hybridized carbons (Fsp3) is 0. The average Bonchev–Trinajstić information content (AvgIpc) is 2.56. The van der Waals surface area contributed by atoms with E-state index >= 15 is 0 Å². The van der Waals surface area contributed by atoms with Gasteiger partial charge < -0.3 is 4.57 Å². The quantitative estimate of drug-likeness (QED) is 0.634. The maximum absolute atomic E-state index is 13.2. The van der Waals surface area contributed by atoms with E-state index in [2.05, 4.69) is 0 Å². The molecule has 0 aliphatic heterocycles. The van der Waals surface area contributed by atoms with Crippen molar-refractivity contribution in [3.8, 4) is 5.69 Å². The highest BCUT2D eigenvalue weighted by molar-refractivity contribution is 5.34. The van der Waals surface area contributed by atoms with Crippen molar-refractivity contribution in [1.82, 2.24) is 4.57 Å². The summed E-state index contributed by atoms with van der Waals surface area (Å²) in [7, 11) is 0. The van der Waals surface area contributed by atoms with Crippen molar-refractivity contribution < 1.29 is 8.78 Å². The van der Waals surface area contributed by atoms with Gasteiger partial charge in [0.2, 0.25) is 0 Å². The van der Waals surface area contributed by atoms with E-state index in [9.17, 15) is 8.78 Å². The smallest absolute Gasteiger partial charge is 0.150 e. The van der Waals surface area contributed by atoms with E-state index in [1.54, 1.807) is 29.1 Å². The van der Waals surface area contributed by atoms with Crippen LogP contribution in [0.1, 0.15) is 0 Å². The van der Waals surface area contributed by atoms with Crippen LogP contribution in [0.25, 0.3) is 5.69 Å². The fourth-order valence-electron chi connectivity index (χ4n) is 1.19. The van der Waals surface area contributed by atoms with Gasteiger partial charge in [-0.15, -0.1) is 0 Å². The number of hydrogen-bond acceptors (Lipinski definition) is 0. The van der Waals surface area contributed by atoms with Gasteiger partial charge in [0.15, 0.2) is 0 Å². The SMILES string of the molecule is Fc1ccc(-n2cccc2)c(F)c1. The molecule has 0 saturated heterocycles. The minimum absolute atomic E-state index is 0.353. The minimum Gasteiger partial charge on any atom is -0.321 e. The van der Waals surface area contributed by atoms with Gasteiger partial charge in [-0.05, 0) is 24.3 Å². The van der Waals surface area contributed by atoms with Crippen LogP contribution in [-0.2, 0) is 0 Å². The average molecular weight is 179 g/mol. The zero-order valence-electron chi connectivity index (χ0n) is 6.74. The second-order valence-electron chi connectivity index (χ2n) is 2.69. The van der Waals surface area contributed by atoms with Gasteiger partial charge in [0, 0.05) is 18.5 Å². The first-order valence-electron chi connectivity index (χ1n) is 3.86. The summed E-state index contributed by atoms with van der Waals surface area (Å²) >= 11 is 0. The second kappa shape index (κ2) is 3.01. The first kappa shape index (κ1) is 7.98. The molecule has 0 radical (unpaired) electrons. The molecule has 0 atom stereocenters. The molecule has 0 saturated carbocycles. The number of rotatable bonds is 1. The topological polar surface area (TPSA) is 4.93 Å². The Morgan fingerprint density at radius 2 is 1.69 bits per heavy atom. The van der Waals surface area contributed by atoms with Crippen molar-refractivity contribution in [3.05, 3.63) is 54.4 Å². The lowest BCUT2D eigenvalue weighted by atomic mass is 10.3. The van der Waals surface area contributed by atoms with E-state index in [0.717, 1.165) is 6.07 Å². The second-order valence-corrected chi connectivity index (χ2v) is 2.69. The minimum atomic E-state index is -0.562. The summed E-state index contributed by atoms with van der Waals surface area (Å²) in [5, 5.41) is 0. The number of nitrogens with zero attached hydrogens (tertiary/aromatic N) is 1. The summed E-state index contributed by atoms with van der Waals surface area (Å²) < 4.78 is 27.3. The van der Waals surface area contributed by atoms with Gasteiger partial charge >= 0.3 is 0 Å². The monoisotopic (exact) mass is 179 g/mol. The van der Waals surface area contributed by atoms with E-state index in [-0.39, 0.29) is 0 Å². The Labute approximate surface area is 74.2 Å². The third kappa shape index (κ3) is 1.45. The predicted molar refractivity (Wildman–Crippen MR) is 45.7 cm³/mol. The van der Waals surface area contributed by atoms with Crippen molar-refractivity contribution >= 4 is 0 Å². The Balaban J connectivity index is 2.53. The van der Waals surface area contributed by atoms with Gasteiger partial charge in [-0.2, -0.15) is 0 Å². The van der Waals surface area contributed by atoms with Crippen LogP contribution >= 0.6 is 0 Å². The summed E-state index contributed by atoms with van der Waals surface area (Å²) in [6.07, 6.45) is 3.41. The molecule has 1 nitrogen and oxygen atoms in total. The summed E-state index contributed by atoms with van der Waals surface area (Å²) in [6, 6.07) is 7.07. The molecular formula is C10H7F2N. The molecule has 1 aromatic carbocycles. The van der Waals surface area contributed by atoms with Crippen LogP contribution in [0.15, 0.2) is 42.7 Å². The molecule has 0 spiro atoms. The Kier molecular flexibility index (Phi) is 1.85. The largest absolute Gasteiger partial charge is 0.321 e. The van der Waals surface area contributed by atoms with Crippen LogP contribution in [0.3, 0.4) is 0 Å². The summed E-state index contributed by atoms with van der Waals surface area (Å²) in [5.74, 6) is -1.12. The van der Waals surface area contributed by atoms with E-state index in [1.807, 2.05) is 0 Å².